The predicted molar refractivity (Wildman–Crippen MR) is 140 cm³/mol. The molecule has 2 amide bonds. The van der Waals surface area contributed by atoms with Crippen molar-refractivity contribution in [3.63, 3.8) is 0 Å². The van der Waals surface area contributed by atoms with Crippen LogP contribution in [0.4, 0.5) is 0 Å². The Hall–Kier alpha value is -3.60. The summed E-state index contributed by atoms with van der Waals surface area (Å²) >= 11 is 0. The molecule has 184 valence electrons. The molecular weight excluding hydrogens is 436 g/mol. The van der Waals surface area contributed by atoms with E-state index in [9.17, 15) is 9.59 Å². The van der Waals surface area contributed by atoms with Gasteiger partial charge in [0.05, 0.1) is 13.5 Å². The van der Waals surface area contributed by atoms with Gasteiger partial charge in [-0.2, -0.15) is 0 Å². The van der Waals surface area contributed by atoms with Crippen LogP contribution in [0, 0.1) is 6.92 Å². The molecule has 0 radical (unpaired) electrons. The molecule has 5 heteroatoms. The van der Waals surface area contributed by atoms with Gasteiger partial charge in [0.15, 0.2) is 0 Å². The van der Waals surface area contributed by atoms with Crippen LogP contribution in [0.25, 0.3) is 0 Å². The summed E-state index contributed by atoms with van der Waals surface area (Å²) in [5, 5.41) is 3.11. The first kappa shape index (κ1) is 26.0. The van der Waals surface area contributed by atoms with Crippen molar-refractivity contribution in [3.8, 4) is 5.75 Å². The SMILES string of the molecule is CC[C@@H](C)NC(=O)[C@@H](Cc1ccccc1)N(Cc1cccc(OC)c1)C(=O)Cc1ccccc1C. The quantitative estimate of drug-likeness (QED) is 0.422. The van der Waals surface area contributed by atoms with E-state index in [-0.39, 0.29) is 24.3 Å². The molecule has 0 heterocycles. The molecule has 0 unspecified atom stereocenters. The number of aryl methyl sites for hydroxylation is 1. The van der Waals surface area contributed by atoms with E-state index in [1.165, 1.54) is 0 Å². The zero-order valence-electron chi connectivity index (χ0n) is 21.2. The molecule has 5 nitrogen and oxygen atoms in total. The minimum absolute atomic E-state index is 0.0194. The standard InChI is InChI=1S/C30H36N2O3/c1-5-23(3)31-30(34)28(19-24-13-7-6-8-14-24)32(21-25-15-11-17-27(18-25)35-4)29(33)20-26-16-10-9-12-22(26)2/h6-18,23,28H,5,19-21H2,1-4H3,(H,31,34)/t23-,28-/m1/s1. The number of benzene rings is 3. The Balaban J connectivity index is 1.99. The van der Waals surface area contributed by atoms with Crippen LogP contribution in [0.3, 0.4) is 0 Å². The van der Waals surface area contributed by atoms with E-state index < -0.39 is 6.04 Å². The molecule has 0 aromatic heterocycles. The largest absolute Gasteiger partial charge is 0.497 e. The van der Waals surface area contributed by atoms with Crippen LogP contribution in [0.15, 0.2) is 78.9 Å². The van der Waals surface area contributed by atoms with E-state index in [0.29, 0.717) is 13.0 Å². The maximum Gasteiger partial charge on any atom is 0.243 e. The summed E-state index contributed by atoms with van der Waals surface area (Å²) < 4.78 is 5.40. The Kier molecular flexibility index (Phi) is 9.47. The molecule has 35 heavy (non-hydrogen) atoms. The average Bonchev–Trinajstić information content (AvgIpc) is 2.88. The molecule has 0 fully saturated rings. The van der Waals surface area contributed by atoms with E-state index in [1.807, 2.05) is 99.6 Å². The van der Waals surface area contributed by atoms with Crippen LogP contribution < -0.4 is 10.1 Å². The highest BCUT2D eigenvalue weighted by Crippen LogP contribution is 2.20. The Bertz CT molecular complexity index is 1110. The van der Waals surface area contributed by atoms with Crippen LogP contribution in [0.2, 0.25) is 0 Å². The van der Waals surface area contributed by atoms with Crippen molar-refractivity contribution >= 4 is 11.8 Å². The Morgan fingerprint density at radius 1 is 0.943 bits per heavy atom. The van der Waals surface area contributed by atoms with Crippen molar-refractivity contribution in [1.29, 1.82) is 0 Å². The van der Waals surface area contributed by atoms with Crippen molar-refractivity contribution in [2.75, 3.05) is 7.11 Å². The second kappa shape index (κ2) is 12.7. The molecule has 0 aliphatic heterocycles. The smallest absolute Gasteiger partial charge is 0.243 e. The lowest BCUT2D eigenvalue weighted by atomic mass is 10.00. The lowest BCUT2D eigenvalue weighted by Crippen LogP contribution is -2.52. The maximum atomic E-state index is 13.8. The van der Waals surface area contributed by atoms with Gasteiger partial charge in [0.25, 0.3) is 0 Å². The third-order valence-electron chi connectivity index (χ3n) is 6.36. The zero-order chi connectivity index (χ0) is 25.2. The van der Waals surface area contributed by atoms with Crippen molar-refractivity contribution < 1.29 is 14.3 Å². The van der Waals surface area contributed by atoms with E-state index in [1.54, 1.807) is 12.0 Å². The topological polar surface area (TPSA) is 58.6 Å². The second-order valence-electron chi connectivity index (χ2n) is 9.00. The molecule has 0 spiro atoms. The fourth-order valence-corrected chi connectivity index (χ4v) is 4.04. The summed E-state index contributed by atoms with van der Waals surface area (Å²) in [5.74, 6) is 0.504. The number of nitrogens with one attached hydrogen (secondary N) is 1. The highest BCUT2D eigenvalue weighted by molar-refractivity contribution is 5.89. The van der Waals surface area contributed by atoms with Crippen molar-refractivity contribution in [2.45, 2.75) is 58.7 Å². The first-order valence-corrected chi connectivity index (χ1v) is 12.2. The lowest BCUT2D eigenvalue weighted by molar-refractivity contribution is -0.141. The fraction of sp³-hybridized carbons (Fsp3) is 0.333. The predicted octanol–water partition coefficient (Wildman–Crippen LogP) is 5.10. The van der Waals surface area contributed by atoms with Gasteiger partial charge >= 0.3 is 0 Å². The molecule has 0 saturated heterocycles. The normalized spacial score (nSPS) is 12.5. The lowest BCUT2D eigenvalue weighted by Gasteiger charge is -2.32. The molecule has 2 atom stereocenters. The number of hydrogen-bond donors (Lipinski definition) is 1. The highest BCUT2D eigenvalue weighted by atomic mass is 16.5. The minimum atomic E-state index is -0.644. The van der Waals surface area contributed by atoms with Crippen LogP contribution in [0.5, 0.6) is 5.75 Å². The third-order valence-corrected chi connectivity index (χ3v) is 6.36. The minimum Gasteiger partial charge on any atom is -0.497 e. The van der Waals surface area contributed by atoms with E-state index >= 15 is 0 Å². The molecule has 1 N–H and O–H groups in total. The van der Waals surface area contributed by atoms with Crippen molar-refractivity contribution in [1.82, 2.24) is 10.2 Å². The van der Waals surface area contributed by atoms with Gasteiger partial charge < -0.3 is 15.0 Å². The molecule has 0 aliphatic rings. The van der Waals surface area contributed by atoms with Gasteiger partial charge in [-0.15, -0.1) is 0 Å². The van der Waals surface area contributed by atoms with Crippen molar-refractivity contribution in [3.05, 3.63) is 101 Å². The molecule has 3 rings (SSSR count). The summed E-state index contributed by atoms with van der Waals surface area (Å²) in [6, 6.07) is 24.8. The summed E-state index contributed by atoms with van der Waals surface area (Å²) in [6.45, 7) is 6.34. The van der Waals surface area contributed by atoms with Gasteiger partial charge in [-0.25, -0.2) is 0 Å². The van der Waals surface area contributed by atoms with Crippen LogP contribution in [-0.4, -0.2) is 35.9 Å². The Morgan fingerprint density at radius 2 is 1.63 bits per heavy atom. The molecule has 3 aromatic rings. The number of methoxy groups -OCH3 is 1. The van der Waals surface area contributed by atoms with Crippen molar-refractivity contribution in [2.24, 2.45) is 0 Å². The number of nitrogens with zero attached hydrogens (tertiary/aromatic N) is 1. The molecular formula is C30H36N2O3. The number of carbonyl (C=O) groups is 2. The van der Waals surface area contributed by atoms with Crippen LogP contribution in [-0.2, 0) is 29.0 Å². The summed E-state index contributed by atoms with van der Waals surface area (Å²) in [5.41, 5.74) is 3.95. The summed E-state index contributed by atoms with van der Waals surface area (Å²) in [7, 11) is 1.62. The van der Waals surface area contributed by atoms with Gasteiger partial charge in [0.2, 0.25) is 11.8 Å². The van der Waals surface area contributed by atoms with E-state index in [0.717, 1.165) is 34.4 Å². The van der Waals surface area contributed by atoms with Gasteiger partial charge in [0.1, 0.15) is 11.8 Å². The molecule has 0 aliphatic carbocycles. The van der Waals surface area contributed by atoms with Crippen LogP contribution >= 0.6 is 0 Å². The molecule has 0 saturated carbocycles. The number of amides is 2. The molecule has 0 bridgehead atoms. The Morgan fingerprint density at radius 3 is 2.31 bits per heavy atom. The first-order chi connectivity index (χ1) is 16.9. The van der Waals surface area contributed by atoms with Gasteiger partial charge in [-0.05, 0) is 54.7 Å². The third kappa shape index (κ3) is 7.44. The Labute approximate surface area is 209 Å². The number of carbonyl (C=O) groups excluding carboxylic acids is 2. The van der Waals surface area contributed by atoms with E-state index in [2.05, 4.69) is 5.32 Å². The molecule has 3 aromatic carbocycles. The highest BCUT2D eigenvalue weighted by Gasteiger charge is 2.31. The number of rotatable bonds is 11. The summed E-state index contributed by atoms with van der Waals surface area (Å²) in [4.78, 5) is 29.1. The second-order valence-corrected chi connectivity index (χ2v) is 9.00. The maximum absolute atomic E-state index is 13.8. The first-order valence-electron chi connectivity index (χ1n) is 12.2. The summed E-state index contributed by atoms with van der Waals surface area (Å²) in [6.07, 6.45) is 1.49. The number of hydrogen-bond acceptors (Lipinski definition) is 3. The van der Waals surface area contributed by atoms with Gasteiger partial charge in [-0.3, -0.25) is 9.59 Å². The zero-order valence-corrected chi connectivity index (χ0v) is 21.2. The monoisotopic (exact) mass is 472 g/mol. The number of ether oxygens (including phenoxy) is 1. The van der Waals surface area contributed by atoms with E-state index in [4.69, 9.17) is 4.74 Å². The van der Waals surface area contributed by atoms with Gasteiger partial charge in [-0.1, -0.05) is 73.7 Å². The fourth-order valence-electron chi connectivity index (χ4n) is 4.04. The van der Waals surface area contributed by atoms with Crippen LogP contribution in [0.1, 0.15) is 42.5 Å². The average molecular weight is 473 g/mol. The van der Waals surface area contributed by atoms with Gasteiger partial charge in [0, 0.05) is 19.0 Å².